The predicted octanol–water partition coefficient (Wildman–Crippen LogP) is 15.1. The van der Waals surface area contributed by atoms with Gasteiger partial charge in [-0.3, -0.25) is 0 Å². The maximum atomic E-state index is 4.61. The van der Waals surface area contributed by atoms with Crippen molar-refractivity contribution >= 4 is 142 Å². The lowest BCUT2D eigenvalue weighted by atomic mass is 9.74. The van der Waals surface area contributed by atoms with Crippen molar-refractivity contribution in [1.29, 1.82) is 0 Å². The summed E-state index contributed by atoms with van der Waals surface area (Å²) in [6.45, 7) is 0. The molecular weight excluding hydrogens is 657 g/mol. The molecule has 246 valence electrons. The van der Waals surface area contributed by atoms with Crippen LogP contribution in [0, 0.1) is 0 Å². The van der Waals surface area contributed by atoms with E-state index in [0.29, 0.717) is 0 Å². The van der Waals surface area contributed by atoms with E-state index >= 15 is 0 Å². The van der Waals surface area contributed by atoms with Crippen molar-refractivity contribution in [1.82, 2.24) is 0 Å². The SMILES string of the molecule is SCCCCc1cccc2c1c1c3ccccc3c3c4ccccc4c4c5ccccc5c5c6ccccc6c6c7ccccc7c2c2c6c5c4c3c12. The molecule has 0 atom stereocenters. The van der Waals surface area contributed by atoms with Gasteiger partial charge < -0.3 is 0 Å². The fourth-order valence-electron chi connectivity index (χ4n) is 11.1. The van der Waals surface area contributed by atoms with Crippen molar-refractivity contribution < 1.29 is 0 Å². The van der Waals surface area contributed by atoms with Crippen molar-refractivity contribution in [3.63, 3.8) is 0 Å². The van der Waals surface area contributed by atoms with E-state index in [2.05, 4.69) is 152 Å². The van der Waals surface area contributed by atoms with Crippen molar-refractivity contribution in [3.05, 3.63) is 145 Å². The van der Waals surface area contributed by atoms with Gasteiger partial charge in [0, 0.05) is 0 Å². The van der Waals surface area contributed by atoms with Crippen molar-refractivity contribution in [2.24, 2.45) is 0 Å². The summed E-state index contributed by atoms with van der Waals surface area (Å²) in [4.78, 5) is 0. The van der Waals surface area contributed by atoms with E-state index in [4.69, 9.17) is 0 Å². The second kappa shape index (κ2) is 10.2. The Balaban J connectivity index is 1.53. The minimum atomic E-state index is 0.915. The van der Waals surface area contributed by atoms with Crippen LogP contribution in [0.4, 0.5) is 0 Å². The van der Waals surface area contributed by atoms with E-state index in [1.807, 2.05) is 0 Å². The summed E-state index contributed by atoms with van der Waals surface area (Å²) in [7, 11) is 0. The third kappa shape index (κ3) is 3.33. The molecule has 0 spiro atoms. The van der Waals surface area contributed by atoms with Crippen molar-refractivity contribution in [2.45, 2.75) is 19.3 Å². The first-order chi connectivity index (χ1) is 26.3. The lowest BCUT2D eigenvalue weighted by Crippen LogP contribution is -2.00. The first kappa shape index (κ1) is 28.7. The van der Waals surface area contributed by atoms with Gasteiger partial charge in [0.15, 0.2) is 0 Å². The number of benzene rings is 13. The molecule has 0 aromatic heterocycles. The lowest BCUT2D eigenvalue weighted by Gasteiger charge is -2.28. The van der Waals surface area contributed by atoms with Gasteiger partial charge in [0.25, 0.3) is 0 Å². The van der Waals surface area contributed by atoms with Crippen molar-refractivity contribution in [3.8, 4) is 0 Å². The zero-order chi connectivity index (χ0) is 34.5. The molecule has 13 rings (SSSR count). The Bertz CT molecular complexity index is 3570. The van der Waals surface area contributed by atoms with E-state index in [1.165, 1.54) is 135 Å². The van der Waals surface area contributed by atoms with Gasteiger partial charge in [0.2, 0.25) is 0 Å². The second-order valence-corrected chi connectivity index (χ2v) is 15.7. The molecule has 0 fully saturated rings. The number of fused-ring (bicyclic) bond motifs is 18. The molecule has 0 saturated heterocycles. The van der Waals surface area contributed by atoms with Crippen LogP contribution in [0.5, 0.6) is 0 Å². The van der Waals surface area contributed by atoms with E-state index in [0.717, 1.165) is 25.0 Å². The molecule has 0 saturated carbocycles. The average Bonchev–Trinajstić information content (AvgIpc) is 3.22. The summed E-state index contributed by atoms with van der Waals surface area (Å²) in [5.41, 5.74) is 1.45. The number of hydrogen-bond donors (Lipinski definition) is 1. The molecule has 0 heterocycles. The largest absolute Gasteiger partial charge is 0.179 e. The summed E-state index contributed by atoms with van der Waals surface area (Å²) >= 11 is 4.61. The molecule has 0 bridgehead atoms. The molecule has 0 aliphatic carbocycles. The van der Waals surface area contributed by atoms with Crippen molar-refractivity contribution in [2.75, 3.05) is 5.75 Å². The van der Waals surface area contributed by atoms with Crippen LogP contribution >= 0.6 is 12.6 Å². The number of rotatable bonds is 4. The molecule has 0 aliphatic rings. The van der Waals surface area contributed by atoms with Gasteiger partial charge in [-0.05, 0) is 160 Å². The highest BCUT2D eigenvalue weighted by Crippen LogP contribution is 2.59. The van der Waals surface area contributed by atoms with Gasteiger partial charge in [-0.2, -0.15) is 12.6 Å². The number of hydrogen-bond acceptors (Lipinski definition) is 1. The van der Waals surface area contributed by atoms with Gasteiger partial charge in [0.1, 0.15) is 0 Å². The molecule has 53 heavy (non-hydrogen) atoms. The molecule has 0 unspecified atom stereocenters. The molecule has 0 nitrogen and oxygen atoms in total. The fourth-order valence-corrected chi connectivity index (χ4v) is 11.3. The molecular formula is C52H32S. The Labute approximate surface area is 310 Å². The Morgan fingerprint density at radius 1 is 0.245 bits per heavy atom. The molecule has 0 N–H and O–H groups in total. The second-order valence-electron chi connectivity index (χ2n) is 15.2. The zero-order valence-corrected chi connectivity index (χ0v) is 29.9. The van der Waals surface area contributed by atoms with Gasteiger partial charge >= 0.3 is 0 Å². The van der Waals surface area contributed by atoms with Crippen LogP contribution in [0.2, 0.25) is 0 Å². The minimum Gasteiger partial charge on any atom is -0.179 e. The quantitative estimate of drug-likeness (QED) is 0.0809. The van der Waals surface area contributed by atoms with E-state index in [9.17, 15) is 0 Å². The van der Waals surface area contributed by atoms with Gasteiger partial charge in [-0.25, -0.2) is 0 Å². The summed E-state index contributed by atoms with van der Waals surface area (Å²) < 4.78 is 0. The average molecular weight is 689 g/mol. The smallest absolute Gasteiger partial charge is 0.0000374 e. The predicted molar refractivity (Wildman–Crippen MR) is 237 cm³/mol. The summed E-state index contributed by atoms with van der Waals surface area (Å²) in [5, 5.41) is 33.2. The van der Waals surface area contributed by atoms with Gasteiger partial charge in [0.05, 0.1) is 0 Å². The van der Waals surface area contributed by atoms with Gasteiger partial charge in [-0.15, -0.1) is 0 Å². The van der Waals surface area contributed by atoms with E-state index < -0.39 is 0 Å². The fraction of sp³-hybridized carbons (Fsp3) is 0.0769. The van der Waals surface area contributed by atoms with Crippen LogP contribution in [0.15, 0.2) is 140 Å². The maximum Gasteiger partial charge on any atom is -0.0000374 e. The first-order valence-corrected chi connectivity index (χ1v) is 19.7. The van der Waals surface area contributed by atoms with Gasteiger partial charge in [-0.1, -0.05) is 140 Å². The maximum absolute atomic E-state index is 4.61. The number of unbranched alkanes of at least 4 members (excludes halogenated alkanes) is 1. The first-order valence-electron chi connectivity index (χ1n) is 19.1. The molecule has 0 radical (unpaired) electrons. The Kier molecular flexibility index (Phi) is 5.49. The van der Waals surface area contributed by atoms with Crippen LogP contribution in [-0.4, -0.2) is 5.75 Å². The lowest BCUT2D eigenvalue weighted by molar-refractivity contribution is 0.808. The highest BCUT2D eigenvalue weighted by atomic mass is 32.1. The van der Waals surface area contributed by atoms with Crippen LogP contribution in [0.25, 0.3) is 129 Å². The normalized spacial score (nSPS) is 12.9. The molecule has 13 aromatic rings. The zero-order valence-electron chi connectivity index (χ0n) is 29.1. The third-order valence-corrected chi connectivity index (χ3v) is 13.2. The third-order valence-electron chi connectivity index (χ3n) is 12.9. The Morgan fingerprint density at radius 2 is 0.528 bits per heavy atom. The molecule has 0 amide bonds. The molecule has 1 heteroatoms. The van der Waals surface area contributed by atoms with E-state index in [1.54, 1.807) is 0 Å². The van der Waals surface area contributed by atoms with E-state index in [-0.39, 0.29) is 0 Å². The molecule has 0 aliphatic heterocycles. The minimum absolute atomic E-state index is 0.915. The topological polar surface area (TPSA) is 0 Å². The van der Waals surface area contributed by atoms with Crippen LogP contribution in [-0.2, 0) is 6.42 Å². The Morgan fingerprint density at radius 3 is 0.868 bits per heavy atom. The Hall–Kier alpha value is -5.89. The van der Waals surface area contributed by atoms with Crippen LogP contribution < -0.4 is 0 Å². The highest BCUT2D eigenvalue weighted by Gasteiger charge is 2.30. The monoisotopic (exact) mass is 688 g/mol. The molecule has 13 aromatic carbocycles. The summed E-state index contributed by atoms with van der Waals surface area (Å²) in [6.07, 6.45) is 3.28. The highest BCUT2D eigenvalue weighted by molar-refractivity contribution is 7.80. The standard InChI is InChI=1S/C52H32S/c53-27-12-11-14-28-15-13-26-39-40(28)46-38-25-10-9-24-37(38)44-34-21-6-5-20-33(34)42-31-18-3-1-16-29(31)41-30-17-2-4-19-32(30)43-35-22-7-8-23-36(35)45(39)51-49(43)47(41)48(42)50(44)52(46)51/h1-10,13,15-26,53H,11-12,14,27H2. The summed E-state index contributed by atoms with van der Waals surface area (Å²) in [6, 6.07) is 53.4. The van der Waals surface area contributed by atoms with Crippen LogP contribution in [0.1, 0.15) is 18.4 Å². The van der Waals surface area contributed by atoms with Crippen LogP contribution in [0.3, 0.4) is 0 Å². The summed E-state index contributed by atoms with van der Waals surface area (Å²) in [5.74, 6) is 0.915. The number of aryl methyl sites for hydroxylation is 1. The number of thiol groups is 1.